The van der Waals surface area contributed by atoms with Crippen LogP contribution in [0.4, 0.5) is 9.59 Å². The number of amides is 2. The Morgan fingerprint density at radius 1 is 1.38 bits per heavy atom. The lowest BCUT2D eigenvalue weighted by atomic mass is 10.1. The van der Waals surface area contributed by atoms with Gasteiger partial charge in [-0.25, -0.2) is 11.4 Å². The van der Waals surface area contributed by atoms with Gasteiger partial charge in [-0.2, -0.15) is 0 Å². The highest BCUT2D eigenvalue weighted by atomic mass is 16.6. The molecule has 0 fully saturated rings. The van der Waals surface area contributed by atoms with Gasteiger partial charge in [-0.15, -0.1) is 0 Å². The first-order chi connectivity index (χ1) is 5.95. The van der Waals surface area contributed by atoms with E-state index < -0.39 is 11.6 Å². The van der Waals surface area contributed by atoms with Gasteiger partial charge in [-0.3, -0.25) is 14.8 Å². The largest absolute Gasteiger partial charge is 0.369 e. The number of nitrogens with one attached hydrogen (secondary N) is 2. The Morgan fingerprint density at radius 2 is 1.54 bits per heavy atom. The Balaban J connectivity index is -0.000000120. The molecule has 0 atom stereocenters. The minimum atomic E-state index is -0.940. The van der Waals surface area contributed by atoms with Crippen LogP contribution >= 0.6 is 0 Å². The molecule has 0 aromatic rings. The van der Waals surface area contributed by atoms with Crippen molar-refractivity contribution in [1.82, 2.24) is 10.8 Å². The summed E-state index contributed by atoms with van der Waals surface area (Å²) >= 11 is 0. The summed E-state index contributed by atoms with van der Waals surface area (Å²) < 4.78 is 0. The van der Waals surface area contributed by atoms with Crippen LogP contribution in [0.3, 0.4) is 0 Å². The third-order valence-corrected chi connectivity index (χ3v) is 0.357. The molecule has 0 unspecified atom stereocenters. The molecule has 0 heterocycles. The van der Waals surface area contributed by atoms with Crippen LogP contribution in [0, 0.1) is 0 Å². The SMILES string of the molecule is CON.[B]C(=O)NC.[B]C(=O)NO. The maximum absolute atomic E-state index is 9.48. The maximum atomic E-state index is 9.48. The van der Waals surface area contributed by atoms with Gasteiger partial charge >= 0.3 is 0 Å². The second-order valence-corrected chi connectivity index (χ2v) is 1.33. The number of hydrogen-bond acceptors (Lipinski definition) is 5. The van der Waals surface area contributed by atoms with Crippen molar-refractivity contribution >= 4 is 27.3 Å². The van der Waals surface area contributed by atoms with Crippen molar-refractivity contribution in [2.24, 2.45) is 5.90 Å². The molecule has 0 aliphatic carbocycles. The molecule has 0 aromatic heterocycles. The highest BCUT2D eigenvalue weighted by Crippen LogP contribution is 1.45. The first kappa shape index (κ1) is 17.9. The molecule has 0 spiro atoms. The van der Waals surface area contributed by atoms with Gasteiger partial charge in [0.15, 0.2) is 19.5 Å². The summed E-state index contributed by atoms with van der Waals surface area (Å²) in [5.74, 6) is 2.91. The Bertz CT molecular complexity index is 121. The molecule has 9 heteroatoms. The molecule has 0 bridgehead atoms. The molecular weight excluding hydrogens is 176 g/mol. The van der Waals surface area contributed by atoms with Gasteiger partial charge in [0.25, 0.3) is 0 Å². The van der Waals surface area contributed by atoms with E-state index in [1.54, 1.807) is 0 Å². The van der Waals surface area contributed by atoms with Crippen LogP contribution in [0.2, 0.25) is 0 Å². The van der Waals surface area contributed by atoms with E-state index in [2.05, 4.69) is 31.7 Å². The predicted molar refractivity (Wildman–Crippen MR) is 47.5 cm³/mol. The zero-order valence-corrected chi connectivity index (χ0v) is 7.40. The van der Waals surface area contributed by atoms with Gasteiger partial charge in [0, 0.05) is 7.05 Å². The molecule has 0 aliphatic rings. The molecule has 0 aromatic carbocycles. The highest BCUT2D eigenvalue weighted by Gasteiger charge is 1.74. The van der Waals surface area contributed by atoms with E-state index in [9.17, 15) is 9.59 Å². The second-order valence-electron chi connectivity index (χ2n) is 1.33. The topological polar surface area (TPSA) is 114 Å². The summed E-state index contributed by atoms with van der Waals surface area (Å²) in [6.07, 6.45) is 0. The average molecular weight is 187 g/mol. The van der Waals surface area contributed by atoms with Crippen LogP contribution in [0.1, 0.15) is 0 Å². The van der Waals surface area contributed by atoms with E-state index in [4.69, 9.17) is 5.21 Å². The summed E-state index contributed by atoms with van der Waals surface area (Å²) in [5.41, 5.74) is 1.17. The smallest absolute Gasteiger partial charge is 0.203 e. The molecule has 13 heavy (non-hydrogen) atoms. The molecule has 0 saturated carbocycles. The summed E-state index contributed by atoms with van der Waals surface area (Å²) in [4.78, 5) is 22.5. The molecule has 72 valence electrons. The summed E-state index contributed by atoms with van der Waals surface area (Å²) in [5, 5.41) is 9.59. The van der Waals surface area contributed by atoms with E-state index >= 15 is 0 Å². The Morgan fingerprint density at radius 3 is 1.54 bits per heavy atom. The van der Waals surface area contributed by atoms with Crippen molar-refractivity contribution in [2.45, 2.75) is 0 Å². The van der Waals surface area contributed by atoms with Crippen molar-refractivity contribution in [1.29, 1.82) is 0 Å². The van der Waals surface area contributed by atoms with Gasteiger partial charge in [-0.05, 0) is 0 Å². The normalized spacial score (nSPS) is 6.46. The molecule has 0 saturated heterocycles. The molecule has 0 rings (SSSR count). The van der Waals surface area contributed by atoms with Crippen LogP contribution in [0.15, 0.2) is 0 Å². The van der Waals surface area contributed by atoms with Crippen LogP contribution in [-0.4, -0.2) is 46.7 Å². The number of carbonyl (C=O) groups is 2. The fourth-order valence-corrected chi connectivity index (χ4v) is 0. The van der Waals surface area contributed by atoms with Crippen molar-refractivity contribution in [2.75, 3.05) is 14.2 Å². The summed E-state index contributed by atoms with van der Waals surface area (Å²) in [7, 11) is 11.7. The van der Waals surface area contributed by atoms with Crippen molar-refractivity contribution in [3.63, 3.8) is 0 Å². The van der Waals surface area contributed by atoms with Crippen LogP contribution < -0.4 is 16.7 Å². The number of hydrogen-bond donors (Lipinski definition) is 4. The quantitative estimate of drug-likeness (QED) is 0.204. The van der Waals surface area contributed by atoms with Crippen molar-refractivity contribution in [3.05, 3.63) is 0 Å². The lowest BCUT2D eigenvalue weighted by Gasteiger charge is -1.80. The molecule has 4 radical (unpaired) electrons. The van der Waals surface area contributed by atoms with Crippen molar-refractivity contribution in [3.8, 4) is 0 Å². The van der Waals surface area contributed by atoms with Crippen LogP contribution in [0.25, 0.3) is 0 Å². The monoisotopic (exact) mass is 187 g/mol. The molecule has 7 nitrogen and oxygen atoms in total. The van der Waals surface area contributed by atoms with Gasteiger partial charge in [-0.1, -0.05) is 0 Å². The number of rotatable bonds is 0. The Labute approximate surface area is 78.7 Å². The molecule has 5 N–H and O–H groups in total. The highest BCUT2D eigenvalue weighted by molar-refractivity contribution is 6.57. The zero-order valence-electron chi connectivity index (χ0n) is 7.40. The predicted octanol–water partition coefficient (Wildman–Crippen LogP) is -1.75. The van der Waals surface area contributed by atoms with E-state index in [1.165, 1.54) is 19.6 Å². The summed E-state index contributed by atoms with van der Waals surface area (Å²) in [6, 6.07) is 0. The minimum absolute atomic E-state index is 0.495. The van der Waals surface area contributed by atoms with Crippen molar-refractivity contribution < 1.29 is 19.6 Å². The van der Waals surface area contributed by atoms with Gasteiger partial charge in [0.1, 0.15) is 0 Å². The zero-order chi connectivity index (χ0) is 11.3. The second kappa shape index (κ2) is 17.2. The van der Waals surface area contributed by atoms with Gasteiger partial charge in [0.2, 0.25) is 7.85 Å². The molecule has 2 amide bonds. The Kier molecular flexibility index (Phi) is 23.6. The average Bonchev–Trinajstić information content (AvgIpc) is 2.07. The third-order valence-electron chi connectivity index (χ3n) is 0.357. The Hall–Kier alpha value is -1.05. The fourth-order valence-electron chi connectivity index (χ4n) is 0. The van der Waals surface area contributed by atoms with Crippen LogP contribution in [0.5, 0.6) is 0 Å². The molecule has 0 aliphatic heterocycles. The number of nitrogens with two attached hydrogens (primary N) is 1. The number of carbonyl (C=O) groups excluding carboxylic acids is 2. The lowest BCUT2D eigenvalue weighted by molar-refractivity contribution is 0.179. The fraction of sp³-hybridized carbons (Fsp3) is 0.500. The minimum Gasteiger partial charge on any atom is -0.369 e. The van der Waals surface area contributed by atoms with Gasteiger partial charge < -0.3 is 10.2 Å². The van der Waals surface area contributed by atoms with E-state index in [0.29, 0.717) is 0 Å². The maximum Gasteiger partial charge on any atom is 0.203 e. The van der Waals surface area contributed by atoms with Gasteiger partial charge in [0.05, 0.1) is 7.11 Å². The summed E-state index contributed by atoms with van der Waals surface area (Å²) in [6.45, 7) is 0. The lowest BCUT2D eigenvalue weighted by Crippen LogP contribution is -2.15. The standard InChI is InChI=1S/C2H4BNO.CH2BNO2.CH5NO/c1-4-2(3)5;2-1(4)3-5;1-3-2/h1H3,(H,4,5);5H,(H,3,4);2H2,1H3. The first-order valence-electron chi connectivity index (χ1n) is 2.85. The first-order valence-corrected chi connectivity index (χ1v) is 2.85. The van der Waals surface area contributed by atoms with E-state index in [-0.39, 0.29) is 0 Å². The van der Waals surface area contributed by atoms with E-state index in [1.807, 2.05) is 0 Å². The molecular formula is C4H11B2N3O4. The van der Waals surface area contributed by atoms with E-state index in [0.717, 1.165) is 0 Å². The number of hydroxylamine groups is 1. The third kappa shape index (κ3) is 101. The van der Waals surface area contributed by atoms with Crippen LogP contribution in [-0.2, 0) is 4.84 Å².